The summed E-state index contributed by atoms with van der Waals surface area (Å²) >= 11 is 0. The summed E-state index contributed by atoms with van der Waals surface area (Å²) in [6.45, 7) is 1.48. The first-order chi connectivity index (χ1) is 9.01. The molecule has 0 bridgehead atoms. The highest BCUT2D eigenvalue weighted by Crippen LogP contribution is 2.33. The van der Waals surface area contributed by atoms with Crippen LogP contribution in [0.3, 0.4) is 0 Å². The molecule has 1 aromatic rings. The summed E-state index contributed by atoms with van der Waals surface area (Å²) in [5.74, 6) is 0.221. The van der Waals surface area contributed by atoms with Crippen LogP contribution in [0.4, 0.5) is 5.69 Å². The molecule has 0 saturated heterocycles. The largest absolute Gasteiger partial charge is 0.490 e. The molecule has 0 radical (unpaired) electrons. The van der Waals surface area contributed by atoms with Crippen molar-refractivity contribution in [3.05, 3.63) is 33.4 Å². The second-order valence-corrected chi connectivity index (χ2v) is 4.69. The van der Waals surface area contributed by atoms with Gasteiger partial charge in [-0.25, -0.2) is 0 Å². The number of hydrogen-bond donors (Lipinski definition) is 1. The van der Waals surface area contributed by atoms with Crippen LogP contribution in [0, 0.1) is 10.1 Å². The van der Waals surface area contributed by atoms with Gasteiger partial charge in [0.05, 0.1) is 12.0 Å². The van der Waals surface area contributed by atoms with Crippen LogP contribution in [0.15, 0.2) is 12.1 Å². The number of nitrogens with zero attached hydrogens (tertiary/aromatic N) is 1. The topological polar surface area (TPSA) is 81.5 Å². The Labute approximate surface area is 110 Å². The molecule has 6 nitrogen and oxygen atoms in total. The van der Waals surface area contributed by atoms with E-state index in [-0.39, 0.29) is 17.6 Å². The van der Waals surface area contributed by atoms with E-state index in [1.165, 1.54) is 14.0 Å². The zero-order valence-corrected chi connectivity index (χ0v) is 10.9. The van der Waals surface area contributed by atoms with E-state index in [4.69, 9.17) is 4.74 Å². The Morgan fingerprint density at radius 3 is 2.79 bits per heavy atom. The van der Waals surface area contributed by atoms with Gasteiger partial charge in [-0.1, -0.05) is 0 Å². The highest BCUT2D eigenvalue weighted by atomic mass is 16.6. The van der Waals surface area contributed by atoms with Gasteiger partial charge in [-0.15, -0.1) is 0 Å². The predicted molar refractivity (Wildman–Crippen MR) is 69.3 cm³/mol. The molecule has 1 aliphatic rings. The van der Waals surface area contributed by atoms with Crippen molar-refractivity contribution in [3.8, 4) is 5.75 Å². The zero-order chi connectivity index (χ0) is 14.0. The van der Waals surface area contributed by atoms with Gasteiger partial charge in [0.15, 0.2) is 5.75 Å². The fraction of sp³-hybridized carbons (Fsp3) is 0.462. The van der Waals surface area contributed by atoms with Crippen LogP contribution in [0.2, 0.25) is 0 Å². The zero-order valence-electron chi connectivity index (χ0n) is 10.9. The van der Waals surface area contributed by atoms with Gasteiger partial charge in [-0.05, 0) is 36.5 Å². The highest BCUT2D eigenvalue weighted by molar-refractivity contribution is 5.73. The van der Waals surface area contributed by atoms with Crippen molar-refractivity contribution in [1.29, 1.82) is 0 Å². The number of carbonyl (C=O) groups excluding carboxylic acids is 1. The number of benzene rings is 1. The van der Waals surface area contributed by atoms with Crippen molar-refractivity contribution in [2.75, 3.05) is 7.11 Å². The molecule has 19 heavy (non-hydrogen) atoms. The van der Waals surface area contributed by atoms with Crippen LogP contribution in [0.25, 0.3) is 0 Å². The minimum Gasteiger partial charge on any atom is -0.490 e. The second-order valence-electron chi connectivity index (χ2n) is 4.69. The first-order valence-electron chi connectivity index (χ1n) is 6.12. The van der Waals surface area contributed by atoms with Crippen LogP contribution in [0.5, 0.6) is 5.75 Å². The van der Waals surface area contributed by atoms with E-state index in [0.29, 0.717) is 12.2 Å². The van der Waals surface area contributed by atoms with Crippen molar-refractivity contribution < 1.29 is 14.5 Å². The van der Waals surface area contributed by atoms with Gasteiger partial charge in [-0.2, -0.15) is 0 Å². The minimum atomic E-state index is -0.443. The van der Waals surface area contributed by atoms with Crippen LogP contribution in [-0.4, -0.2) is 24.0 Å². The maximum Gasteiger partial charge on any atom is 0.311 e. The molecular weight excluding hydrogens is 248 g/mol. The lowest BCUT2D eigenvalue weighted by atomic mass is 9.87. The summed E-state index contributed by atoms with van der Waals surface area (Å²) in [4.78, 5) is 21.6. The third kappa shape index (κ3) is 2.83. The molecule has 0 spiro atoms. The number of hydrogen-bond acceptors (Lipinski definition) is 4. The lowest BCUT2D eigenvalue weighted by Crippen LogP contribution is -2.37. The number of carbonyl (C=O) groups is 1. The van der Waals surface area contributed by atoms with Gasteiger partial charge >= 0.3 is 5.69 Å². The number of nitro benzene ring substituents is 1. The fourth-order valence-electron chi connectivity index (χ4n) is 2.49. The maximum atomic E-state index is 11.1. The van der Waals surface area contributed by atoms with Gasteiger partial charge in [0.25, 0.3) is 0 Å². The van der Waals surface area contributed by atoms with E-state index in [0.717, 1.165) is 24.0 Å². The molecule has 2 rings (SSSR count). The monoisotopic (exact) mass is 264 g/mol. The van der Waals surface area contributed by atoms with Gasteiger partial charge in [-0.3, -0.25) is 14.9 Å². The summed E-state index contributed by atoms with van der Waals surface area (Å²) in [5.41, 5.74) is 1.95. The van der Waals surface area contributed by atoms with E-state index in [1.54, 1.807) is 12.1 Å². The Bertz CT molecular complexity index is 528. The summed E-state index contributed by atoms with van der Waals surface area (Å²) in [5, 5.41) is 13.8. The van der Waals surface area contributed by atoms with Gasteiger partial charge in [0.2, 0.25) is 5.91 Å². The van der Waals surface area contributed by atoms with E-state index in [9.17, 15) is 14.9 Å². The van der Waals surface area contributed by atoms with E-state index in [1.807, 2.05) is 0 Å². The van der Waals surface area contributed by atoms with Crippen molar-refractivity contribution >= 4 is 11.6 Å². The number of amides is 1. The number of ether oxygens (including phenoxy) is 1. The molecule has 1 unspecified atom stereocenters. The number of nitrogens with one attached hydrogen (secondary N) is 1. The molecule has 1 N–H and O–H groups in total. The molecule has 1 aromatic carbocycles. The Morgan fingerprint density at radius 2 is 2.21 bits per heavy atom. The van der Waals surface area contributed by atoms with Crippen LogP contribution in [0.1, 0.15) is 24.5 Å². The Hall–Kier alpha value is -2.11. The van der Waals surface area contributed by atoms with Gasteiger partial charge in [0, 0.05) is 19.0 Å². The van der Waals surface area contributed by atoms with E-state index < -0.39 is 4.92 Å². The summed E-state index contributed by atoms with van der Waals surface area (Å²) < 4.78 is 5.05. The first kappa shape index (κ1) is 13.3. The highest BCUT2D eigenvalue weighted by Gasteiger charge is 2.24. The molecule has 0 fully saturated rings. The Balaban J connectivity index is 2.31. The maximum absolute atomic E-state index is 11.1. The van der Waals surface area contributed by atoms with Crippen molar-refractivity contribution in [1.82, 2.24) is 5.32 Å². The van der Waals surface area contributed by atoms with Crippen molar-refractivity contribution in [2.45, 2.75) is 32.2 Å². The molecule has 0 aromatic heterocycles. The lowest BCUT2D eigenvalue weighted by Gasteiger charge is -2.25. The SMILES string of the molecule is COc1cc2c(cc1[N+](=O)[O-])CC(NC(C)=O)CC2. The average Bonchev–Trinajstić information content (AvgIpc) is 2.36. The molecule has 1 atom stereocenters. The molecule has 1 amide bonds. The smallest absolute Gasteiger partial charge is 0.311 e. The number of fused-ring (bicyclic) bond motifs is 1. The van der Waals surface area contributed by atoms with Crippen LogP contribution >= 0.6 is 0 Å². The van der Waals surface area contributed by atoms with Crippen LogP contribution in [-0.2, 0) is 17.6 Å². The minimum absolute atomic E-state index is 0.0234. The summed E-state index contributed by atoms with van der Waals surface area (Å²) in [6.07, 6.45) is 2.25. The Morgan fingerprint density at radius 1 is 1.47 bits per heavy atom. The molecule has 0 aliphatic heterocycles. The quantitative estimate of drug-likeness (QED) is 0.664. The summed E-state index contributed by atoms with van der Waals surface area (Å²) in [6, 6.07) is 3.34. The predicted octanol–water partition coefficient (Wildman–Crippen LogP) is 1.60. The fourth-order valence-corrected chi connectivity index (χ4v) is 2.49. The van der Waals surface area contributed by atoms with Crippen LogP contribution < -0.4 is 10.1 Å². The van der Waals surface area contributed by atoms with E-state index in [2.05, 4.69) is 5.32 Å². The van der Waals surface area contributed by atoms with E-state index >= 15 is 0 Å². The Kier molecular flexibility index (Phi) is 3.69. The number of methoxy groups -OCH3 is 1. The molecule has 0 saturated carbocycles. The molecule has 6 heteroatoms. The van der Waals surface area contributed by atoms with Gasteiger partial charge < -0.3 is 10.1 Å². The molecule has 102 valence electrons. The number of aryl methyl sites for hydroxylation is 1. The molecular formula is C13H16N2O4. The third-order valence-corrected chi connectivity index (χ3v) is 3.33. The van der Waals surface area contributed by atoms with Crippen molar-refractivity contribution in [2.24, 2.45) is 0 Å². The molecule has 1 aliphatic carbocycles. The van der Waals surface area contributed by atoms with Gasteiger partial charge in [0.1, 0.15) is 0 Å². The second kappa shape index (κ2) is 5.26. The third-order valence-electron chi connectivity index (χ3n) is 3.33. The summed E-state index contributed by atoms with van der Waals surface area (Å²) in [7, 11) is 1.43. The first-order valence-corrected chi connectivity index (χ1v) is 6.12. The van der Waals surface area contributed by atoms with Crippen molar-refractivity contribution in [3.63, 3.8) is 0 Å². The normalized spacial score (nSPS) is 17.5. The standard InChI is InChI=1S/C13H16N2O4/c1-8(16)14-11-4-3-9-7-13(19-2)12(15(17)18)6-10(9)5-11/h6-7,11H,3-5H2,1-2H3,(H,14,16). The molecule has 0 heterocycles. The lowest BCUT2D eigenvalue weighted by molar-refractivity contribution is -0.385. The number of nitro groups is 1. The average molecular weight is 264 g/mol. The number of rotatable bonds is 3.